The summed E-state index contributed by atoms with van der Waals surface area (Å²) in [5, 5.41) is 4.71. The average molecular weight is 499 g/mol. The van der Waals surface area contributed by atoms with Crippen LogP contribution in [0, 0.1) is 0 Å². The predicted octanol–water partition coefficient (Wildman–Crippen LogP) is 3.26. The van der Waals surface area contributed by atoms with E-state index >= 15 is 0 Å². The molecule has 27 heavy (non-hydrogen) atoms. The van der Waals surface area contributed by atoms with Crippen molar-refractivity contribution in [1.29, 1.82) is 0 Å². The zero-order valence-corrected chi connectivity index (χ0v) is 19.4. The molecule has 2 aromatic rings. The van der Waals surface area contributed by atoms with Gasteiger partial charge in [0.2, 0.25) is 0 Å². The Hall–Kier alpha value is -1.19. The Morgan fingerprint density at radius 1 is 1.19 bits per heavy atom. The van der Waals surface area contributed by atoms with Crippen LogP contribution in [0.4, 0.5) is 0 Å². The van der Waals surface area contributed by atoms with Gasteiger partial charge >= 0.3 is 0 Å². The van der Waals surface area contributed by atoms with E-state index in [2.05, 4.69) is 62.3 Å². The zero-order valence-electron chi connectivity index (χ0n) is 16.2. The van der Waals surface area contributed by atoms with E-state index < -0.39 is 0 Å². The fourth-order valence-corrected chi connectivity index (χ4v) is 4.06. The minimum atomic E-state index is 0. The van der Waals surface area contributed by atoms with Gasteiger partial charge in [-0.2, -0.15) is 0 Å². The van der Waals surface area contributed by atoms with E-state index in [0.717, 1.165) is 58.1 Å². The summed E-state index contributed by atoms with van der Waals surface area (Å²) >= 11 is 1.82. The van der Waals surface area contributed by atoms with Crippen LogP contribution in [0.5, 0.6) is 0 Å². The molecular formula is C20H30IN5S. The smallest absolute Gasteiger partial charge is 0.193 e. The standard InChI is InChI=1S/C20H29N5S.HI/c1-3-18-15-23-19(26-18)9-10-22-20(21-2)25-13-11-24(12-14-25)16-17-7-5-4-6-8-17;/h4-8,15H,3,9-14,16H2,1-2H3,(H,21,22);1H. The molecule has 1 N–H and O–H groups in total. The lowest BCUT2D eigenvalue weighted by Crippen LogP contribution is -2.52. The van der Waals surface area contributed by atoms with E-state index in [0.29, 0.717) is 0 Å². The summed E-state index contributed by atoms with van der Waals surface area (Å²) in [5.74, 6) is 1.01. The molecule has 0 amide bonds. The SMILES string of the molecule is CCc1cnc(CCNC(=NC)N2CCN(Cc3ccccc3)CC2)s1.I. The highest BCUT2D eigenvalue weighted by Gasteiger charge is 2.19. The number of rotatable bonds is 6. The Labute approximate surface area is 183 Å². The maximum absolute atomic E-state index is 4.49. The first-order valence-corrected chi connectivity index (χ1v) is 10.3. The minimum absolute atomic E-state index is 0. The van der Waals surface area contributed by atoms with Gasteiger partial charge in [0, 0.05) is 63.8 Å². The van der Waals surface area contributed by atoms with Crippen LogP contribution in [0.2, 0.25) is 0 Å². The van der Waals surface area contributed by atoms with Crippen LogP contribution in [0.3, 0.4) is 0 Å². The van der Waals surface area contributed by atoms with Crippen molar-refractivity contribution < 1.29 is 0 Å². The number of aliphatic imine (C=N–C) groups is 1. The third-order valence-corrected chi connectivity index (χ3v) is 5.91. The lowest BCUT2D eigenvalue weighted by atomic mass is 10.2. The Bertz CT molecular complexity index is 695. The first-order chi connectivity index (χ1) is 12.8. The van der Waals surface area contributed by atoms with Gasteiger partial charge in [-0.05, 0) is 12.0 Å². The molecule has 7 heteroatoms. The van der Waals surface area contributed by atoms with Gasteiger partial charge in [-0.25, -0.2) is 4.98 Å². The topological polar surface area (TPSA) is 43.8 Å². The molecule has 0 spiro atoms. The lowest BCUT2D eigenvalue weighted by molar-refractivity contribution is 0.172. The number of piperazine rings is 1. The van der Waals surface area contributed by atoms with Gasteiger partial charge < -0.3 is 10.2 Å². The molecule has 148 valence electrons. The van der Waals surface area contributed by atoms with Crippen LogP contribution in [0.25, 0.3) is 0 Å². The molecule has 2 heterocycles. The summed E-state index contributed by atoms with van der Waals surface area (Å²) < 4.78 is 0. The summed E-state index contributed by atoms with van der Waals surface area (Å²) in [6.07, 6.45) is 4.03. The first-order valence-electron chi connectivity index (χ1n) is 9.44. The summed E-state index contributed by atoms with van der Waals surface area (Å²) in [7, 11) is 1.87. The number of aromatic nitrogens is 1. The van der Waals surface area contributed by atoms with Crippen molar-refractivity contribution in [2.75, 3.05) is 39.8 Å². The maximum Gasteiger partial charge on any atom is 0.193 e. The van der Waals surface area contributed by atoms with Gasteiger partial charge in [0.15, 0.2) is 5.96 Å². The molecule has 0 aliphatic carbocycles. The highest BCUT2D eigenvalue weighted by molar-refractivity contribution is 14.0. The quantitative estimate of drug-likeness (QED) is 0.377. The molecule has 0 unspecified atom stereocenters. The Morgan fingerprint density at radius 3 is 2.56 bits per heavy atom. The molecule has 1 aromatic heterocycles. The number of hydrogen-bond acceptors (Lipinski definition) is 4. The molecule has 1 aromatic carbocycles. The van der Waals surface area contributed by atoms with Crippen molar-refractivity contribution in [3.8, 4) is 0 Å². The van der Waals surface area contributed by atoms with Crippen molar-refractivity contribution in [1.82, 2.24) is 20.1 Å². The molecule has 0 radical (unpaired) electrons. The van der Waals surface area contributed by atoms with Crippen molar-refractivity contribution in [2.45, 2.75) is 26.3 Å². The Kier molecular flexibility index (Phi) is 9.50. The number of halogens is 1. The minimum Gasteiger partial charge on any atom is -0.356 e. The van der Waals surface area contributed by atoms with E-state index in [4.69, 9.17) is 0 Å². The summed E-state index contributed by atoms with van der Waals surface area (Å²) in [5.41, 5.74) is 1.39. The highest BCUT2D eigenvalue weighted by atomic mass is 127. The van der Waals surface area contributed by atoms with Gasteiger partial charge in [-0.3, -0.25) is 9.89 Å². The van der Waals surface area contributed by atoms with Gasteiger partial charge in [0.25, 0.3) is 0 Å². The molecule has 1 saturated heterocycles. The van der Waals surface area contributed by atoms with Crippen LogP contribution < -0.4 is 5.32 Å². The number of thiazole rings is 1. The largest absolute Gasteiger partial charge is 0.356 e. The fourth-order valence-electron chi connectivity index (χ4n) is 3.20. The number of nitrogens with zero attached hydrogens (tertiary/aromatic N) is 4. The highest BCUT2D eigenvalue weighted by Crippen LogP contribution is 2.13. The van der Waals surface area contributed by atoms with Gasteiger partial charge in [0.1, 0.15) is 0 Å². The van der Waals surface area contributed by atoms with Gasteiger partial charge in [-0.15, -0.1) is 35.3 Å². The second kappa shape index (κ2) is 11.6. The van der Waals surface area contributed by atoms with E-state index in [-0.39, 0.29) is 24.0 Å². The van der Waals surface area contributed by atoms with Gasteiger partial charge in [-0.1, -0.05) is 37.3 Å². The second-order valence-electron chi connectivity index (χ2n) is 6.55. The normalized spacial score (nSPS) is 15.5. The van der Waals surface area contributed by atoms with E-state index in [1.807, 2.05) is 24.6 Å². The summed E-state index contributed by atoms with van der Waals surface area (Å²) in [6.45, 7) is 8.27. The molecule has 3 rings (SSSR count). The van der Waals surface area contributed by atoms with Crippen LogP contribution >= 0.6 is 35.3 Å². The number of guanidine groups is 1. The van der Waals surface area contributed by atoms with Crippen molar-refractivity contribution in [3.05, 3.63) is 52.0 Å². The molecule has 1 aliphatic heterocycles. The molecule has 0 saturated carbocycles. The third-order valence-electron chi connectivity index (χ3n) is 4.70. The van der Waals surface area contributed by atoms with Crippen LogP contribution in [0.1, 0.15) is 22.4 Å². The molecule has 1 fully saturated rings. The van der Waals surface area contributed by atoms with E-state index in [1.54, 1.807) is 0 Å². The first kappa shape index (κ1) is 22.1. The van der Waals surface area contributed by atoms with Crippen LogP contribution in [-0.4, -0.2) is 60.5 Å². The number of aryl methyl sites for hydroxylation is 1. The fraction of sp³-hybridized carbons (Fsp3) is 0.500. The molecular weight excluding hydrogens is 469 g/mol. The number of benzene rings is 1. The number of hydrogen-bond donors (Lipinski definition) is 1. The van der Waals surface area contributed by atoms with Crippen molar-refractivity contribution in [2.24, 2.45) is 4.99 Å². The molecule has 0 bridgehead atoms. The molecule has 0 atom stereocenters. The molecule has 5 nitrogen and oxygen atoms in total. The third kappa shape index (κ3) is 6.73. The number of nitrogens with one attached hydrogen (secondary N) is 1. The van der Waals surface area contributed by atoms with Crippen LogP contribution in [0.15, 0.2) is 41.5 Å². The average Bonchev–Trinajstić information content (AvgIpc) is 3.15. The second-order valence-corrected chi connectivity index (χ2v) is 7.75. The summed E-state index contributed by atoms with van der Waals surface area (Å²) in [4.78, 5) is 15.2. The summed E-state index contributed by atoms with van der Waals surface area (Å²) in [6, 6.07) is 10.7. The Balaban J connectivity index is 0.00000261. The lowest BCUT2D eigenvalue weighted by Gasteiger charge is -2.36. The molecule has 1 aliphatic rings. The van der Waals surface area contributed by atoms with Crippen molar-refractivity contribution in [3.63, 3.8) is 0 Å². The monoisotopic (exact) mass is 499 g/mol. The van der Waals surface area contributed by atoms with E-state index in [9.17, 15) is 0 Å². The zero-order chi connectivity index (χ0) is 18.2. The maximum atomic E-state index is 4.49. The van der Waals surface area contributed by atoms with Gasteiger partial charge in [0.05, 0.1) is 5.01 Å². The van der Waals surface area contributed by atoms with Crippen LogP contribution in [-0.2, 0) is 19.4 Å². The van der Waals surface area contributed by atoms with Crippen molar-refractivity contribution >= 4 is 41.3 Å². The predicted molar refractivity (Wildman–Crippen MR) is 125 cm³/mol. The van der Waals surface area contributed by atoms with E-state index in [1.165, 1.54) is 15.4 Å². The Morgan fingerprint density at radius 2 is 1.93 bits per heavy atom.